The SMILES string of the molecule is CCCCCC/C(=C\c1ccccc1)C(N)CC(=O)O. The van der Waals surface area contributed by atoms with Crippen molar-refractivity contribution in [2.45, 2.75) is 51.5 Å². The molecule has 0 aliphatic rings. The van der Waals surface area contributed by atoms with Crippen molar-refractivity contribution in [2.75, 3.05) is 0 Å². The van der Waals surface area contributed by atoms with E-state index in [1.807, 2.05) is 36.4 Å². The van der Waals surface area contributed by atoms with Gasteiger partial charge < -0.3 is 10.8 Å². The molecule has 0 spiro atoms. The van der Waals surface area contributed by atoms with E-state index in [1.165, 1.54) is 19.3 Å². The van der Waals surface area contributed by atoms with E-state index >= 15 is 0 Å². The molecule has 1 aromatic rings. The highest BCUT2D eigenvalue weighted by molar-refractivity contribution is 5.69. The molecular weight excluding hydrogens is 250 g/mol. The first-order chi connectivity index (χ1) is 9.63. The Hall–Kier alpha value is -1.61. The molecule has 3 N–H and O–H groups in total. The molecule has 0 bridgehead atoms. The minimum Gasteiger partial charge on any atom is -0.481 e. The number of rotatable bonds is 9. The van der Waals surface area contributed by atoms with Gasteiger partial charge in [-0.05, 0) is 18.4 Å². The molecule has 20 heavy (non-hydrogen) atoms. The van der Waals surface area contributed by atoms with Crippen molar-refractivity contribution >= 4 is 12.0 Å². The maximum Gasteiger partial charge on any atom is 0.305 e. The van der Waals surface area contributed by atoms with Gasteiger partial charge in [-0.15, -0.1) is 0 Å². The van der Waals surface area contributed by atoms with Gasteiger partial charge in [0.25, 0.3) is 0 Å². The van der Waals surface area contributed by atoms with E-state index in [9.17, 15) is 4.79 Å². The van der Waals surface area contributed by atoms with Crippen LogP contribution in [-0.4, -0.2) is 17.1 Å². The molecule has 110 valence electrons. The Morgan fingerprint density at radius 1 is 1.25 bits per heavy atom. The van der Waals surface area contributed by atoms with E-state index in [0.717, 1.165) is 24.0 Å². The van der Waals surface area contributed by atoms with Crippen molar-refractivity contribution < 1.29 is 9.90 Å². The fourth-order valence-electron chi connectivity index (χ4n) is 2.20. The number of hydrogen-bond acceptors (Lipinski definition) is 2. The number of unbranched alkanes of at least 4 members (excludes halogenated alkanes) is 3. The van der Waals surface area contributed by atoms with Crippen molar-refractivity contribution in [3.8, 4) is 0 Å². The summed E-state index contributed by atoms with van der Waals surface area (Å²) in [5, 5.41) is 8.90. The van der Waals surface area contributed by atoms with Crippen LogP contribution in [-0.2, 0) is 4.79 Å². The van der Waals surface area contributed by atoms with E-state index in [1.54, 1.807) is 0 Å². The van der Waals surface area contributed by atoms with Gasteiger partial charge in [-0.2, -0.15) is 0 Å². The summed E-state index contributed by atoms with van der Waals surface area (Å²) in [7, 11) is 0. The maximum atomic E-state index is 10.8. The van der Waals surface area contributed by atoms with E-state index in [2.05, 4.69) is 6.92 Å². The highest BCUT2D eigenvalue weighted by Crippen LogP contribution is 2.18. The Labute approximate surface area is 121 Å². The summed E-state index contributed by atoms with van der Waals surface area (Å²) in [4.78, 5) is 10.8. The Kier molecular flexibility index (Phi) is 7.66. The maximum absolute atomic E-state index is 10.8. The second-order valence-electron chi connectivity index (χ2n) is 5.14. The number of aliphatic carboxylic acids is 1. The van der Waals surface area contributed by atoms with Crippen LogP contribution in [0.4, 0.5) is 0 Å². The molecule has 0 fully saturated rings. The average Bonchev–Trinajstić information content (AvgIpc) is 2.42. The molecule has 1 aromatic carbocycles. The van der Waals surface area contributed by atoms with Crippen LogP contribution in [0.25, 0.3) is 6.08 Å². The molecule has 0 aromatic heterocycles. The van der Waals surface area contributed by atoms with Gasteiger partial charge in [0.05, 0.1) is 6.42 Å². The number of nitrogens with two attached hydrogens (primary N) is 1. The van der Waals surface area contributed by atoms with E-state index in [-0.39, 0.29) is 6.42 Å². The third-order valence-corrected chi connectivity index (χ3v) is 3.34. The van der Waals surface area contributed by atoms with Crippen molar-refractivity contribution in [2.24, 2.45) is 5.73 Å². The first kappa shape index (κ1) is 16.4. The number of carboxylic acids is 1. The van der Waals surface area contributed by atoms with Crippen LogP contribution in [0, 0.1) is 0 Å². The summed E-state index contributed by atoms with van der Waals surface area (Å²) in [6.07, 6.45) is 7.56. The number of hydrogen-bond donors (Lipinski definition) is 2. The van der Waals surface area contributed by atoms with Crippen molar-refractivity contribution in [1.29, 1.82) is 0 Å². The molecule has 0 saturated carbocycles. The molecule has 0 aliphatic carbocycles. The lowest BCUT2D eigenvalue weighted by Gasteiger charge is -2.14. The van der Waals surface area contributed by atoms with Crippen LogP contribution in [0.15, 0.2) is 35.9 Å². The Morgan fingerprint density at radius 2 is 1.95 bits per heavy atom. The fourth-order valence-corrected chi connectivity index (χ4v) is 2.20. The summed E-state index contributed by atoms with van der Waals surface area (Å²) in [5.41, 5.74) is 8.15. The van der Waals surface area contributed by atoms with Crippen molar-refractivity contribution in [3.63, 3.8) is 0 Å². The van der Waals surface area contributed by atoms with Gasteiger partial charge in [-0.3, -0.25) is 4.79 Å². The lowest BCUT2D eigenvalue weighted by molar-refractivity contribution is -0.137. The summed E-state index contributed by atoms with van der Waals surface area (Å²) in [5.74, 6) is -0.843. The van der Waals surface area contributed by atoms with Crippen LogP contribution in [0.5, 0.6) is 0 Å². The third kappa shape index (κ3) is 6.53. The highest BCUT2D eigenvalue weighted by atomic mass is 16.4. The number of carboxylic acid groups (broad SMARTS) is 1. The van der Waals surface area contributed by atoms with Gasteiger partial charge >= 0.3 is 5.97 Å². The molecule has 0 saturated heterocycles. The molecule has 0 radical (unpaired) electrons. The zero-order valence-corrected chi connectivity index (χ0v) is 12.2. The zero-order valence-electron chi connectivity index (χ0n) is 12.2. The second kappa shape index (κ2) is 9.32. The summed E-state index contributed by atoms with van der Waals surface area (Å²) in [6, 6.07) is 9.55. The molecule has 1 atom stereocenters. The lowest BCUT2D eigenvalue weighted by Crippen LogP contribution is -2.26. The fraction of sp³-hybridized carbons (Fsp3) is 0.471. The van der Waals surface area contributed by atoms with Gasteiger partial charge in [0.2, 0.25) is 0 Å². The van der Waals surface area contributed by atoms with Crippen LogP contribution in [0.3, 0.4) is 0 Å². The predicted molar refractivity (Wildman–Crippen MR) is 83.4 cm³/mol. The number of carbonyl (C=O) groups is 1. The van der Waals surface area contributed by atoms with Gasteiger partial charge in [0.15, 0.2) is 0 Å². The van der Waals surface area contributed by atoms with Gasteiger partial charge in [-0.25, -0.2) is 0 Å². The molecule has 3 nitrogen and oxygen atoms in total. The molecule has 3 heteroatoms. The summed E-state index contributed by atoms with van der Waals surface area (Å²) < 4.78 is 0. The largest absolute Gasteiger partial charge is 0.481 e. The van der Waals surface area contributed by atoms with Crippen LogP contribution >= 0.6 is 0 Å². The monoisotopic (exact) mass is 275 g/mol. The molecule has 0 amide bonds. The summed E-state index contributed by atoms with van der Waals surface area (Å²) in [6.45, 7) is 2.18. The predicted octanol–water partition coefficient (Wildman–Crippen LogP) is 3.84. The summed E-state index contributed by atoms with van der Waals surface area (Å²) >= 11 is 0. The Balaban J connectivity index is 2.72. The third-order valence-electron chi connectivity index (χ3n) is 3.34. The second-order valence-corrected chi connectivity index (χ2v) is 5.14. The smallest absolute Gasteiger partial charge is 0.305 e. The molecule has 1 unspecified atom stereocenters. The van der Waals surface area contributed by atoms with Crippen LogP contribution < -0.4 is 5.73 Å². The quantitative estimate of drug-likeness (QED) is 0.673. The highest BCUT2D eigenvalue weighted by Gasteiger charge is 2.13. The minimum atomic E-state index is -0.843. The van der Waals surface area contributed by atoms with Gasteiger partial charge in [-0.1, -0.05) is 68.2 Å². The number of benzene rings is 1. The first-order valence-electron chi connectivity index (χ1n) is 7.36. The van der Waals surface area contributed by atoms with Crippen molar-refractivity contribution in [1.82, 2.24) is 0 Å². The standard InChI is InChI=1S/C17H25NO2/c1-2-3-4-8-11-15(16(18)13-17(19)20)12-14-9-6-5-7-10-14/h5-7,9-10,12,16H,2-4,8,11,13,18H2,1H3,(H,19,20)/b15-12+. The van der Waals surface area contributed by atoms with Gasteiger partial charge in [0.1, 0.15) is 0 Å². The normalized spacial score (nSPS) is 13.2. The lowest BCUT2D eigenvalue weighted by atomic mass is 9.96. The molecule has 1 rings (SSSR count). The van der Waals surface area contributed by atoms with Gasteiger partial charge in [0, 0.05) is 6.04 Å². The molecule has 0 heterocycles. The van der Waals surface area contributed by atoms with E-state index in [0.29, 0.717) is 0 Å². The zero-order chi connectivity index (χ0) is 14.8. The van der Waals surface area contributed by atoms with Crippen molar-refractivity contribution in [3.05, 3.63) is 41.5 Å². The first-order valence-corrected chi connectivity index (χ1v) is 7.36. The van der Waals surface area contributed by atoms with E-state index < -0.39 is 12.0 Å². The average molecular weight is 275 g/mol. The molecule has 0 aliphatic heterocycles. The molecular formula is C17H25NO2. The Morgan fingerprint density at radius 3 is 2.55 bits per heavy atom. The topological polar surface area (TPSA) is 63.3 Å². The van der Waals surface area contributed by atoms with Crippen LogP contribution in [0.2, 0.25) is 0 Å². The minimum absolute atomic E-state index is 0.00750. The van der Waals surface area contributed by atoms with E-state index in [4.69, 9.17) is 10.8 Å². The Bertz CT molecular complexity index is 426. The van der Waals surface area contributed by atoms with Crippen LogP contribution in [0.1, 0.15) is 51.0 Å².